The van der Waals surface area contributed by atoms with Gasteiger partial charge in [-0.3, -0.25) is 0 Å². The maximum Gasteiger partial charge on any atom is 0.127 e. The van der Waals surface area contributed by atoms with Crippen LogP contribution in [0.4, 0.5) is 4.39 Å². The molecule has 1 nitrogen and oxygen atoms in total. The van der Waals surface area contributed by atoms with Gasteiger partial charge in [0.15, 0.2) is 0 Å². The average molecular weight is 258 g/mol. The average Bonchev–Trinajstić information content (AvgIpc) is 2.20. The number of hydrogen-bond donors (Lipinski definition) is 1. The van der Waals surface area contributed by atoms with E-state index in [4.69, 9.17) is 11.6 Å². The lowest BCUT2D eigenvalue weighted by atomic mass is 9.99. The minimum Gasteiger partial charge on any atom is -0.312 e. The van der Waals surface area contributed by atoms with E-state index in [1.807, 2.05) is 0 Å². The summed E-state index contributed by atoms with van der Waals surface area (Å²) < 4.78 is 13.6. The molecule has 17 heavy (non-hydrogen) atoms. The molecule has 3 heteroatoms. The number of benzene rings is 1. The molecule has 0 aliphatic heterocycles. The van der Waals surface area contributed by atoms with Gasteiger partial charge in [-0.15, -0.1) is 0 Å². The Balaban J connectivity index is 2.59. The Labute approximate surface area is 108 Å². The summed E-state index contributed by atoms with van der Waals surface area (Å²) in [6.07, 6.45) is 0.661. The Kier molecular flexibility index (Phi) is 4.96. The monoisotopic (exact) mass is 257 g/mol. The Morgan fingerprint density at radius 3 is 2.53 bits per heavy atom. The molecule has 0 saturated carbocycles. The van der Waals surface area contributed by atoms with E-state index in [2.05, 4.69) is 33.0 Å². The summed E-state index contributed by atoms with van der Waals surface area (Å²) in [6, 6.07) is 4.84. The molecule has 96 valence electrons. The third-order valence-electron chi connectivity index (χ3n) is 2.60. The van der Waals surface area contributed by atoms with Gasteiger partial charge >= 0.3 is 0 Å². The Bertz CT molecular complexity index is 351. The minimum atomic E-state index is -0.208. The van der Waals surface area contributed by atoms with E-state index in [0.717, 1.165) is 6.54 Å². The normalized spacial score (nSPS) is 13.8. The van der Waals surface area contributed by atoms with Gasteiger partial charge in [0, 0.05) is 16.1 Å². The maximum absolute atomic E-state index is 13.6. The molecule has 1 rings (SSSR count). The second-order valence-corrected chi connectivity index (χ2v) is 6.05. The van der Waals surface area contributed by atoms with Crippen molar-refractivity contribution in [2.45, 2.75) is 39.7 Å². The Morgan fingerprint density at radius 2 is 2.00 bits per heavy atom. The molecule has 0 fully saturated rings. The highest BCUT2D eigenvalue weighted by Gasteiger charge is 2.14. The first-order valence-corrected chi connectivity index (χ1v) is 6.35. The molecule has 0 heterocycles. The van der Waals surface area contributed by atoms with Gasteiger partial charge in [-0.05, 0) is 51.8 Å². The summed E-state index contributed by atoms with van der Waals surface area (Å²) in [7, 11) is 0. The number of halogens is 2. The van der Waals surface area contributed by atoms with Crippen molar-refractivity contribution in [1.29, 1.82) is 0 Å². The smallest absolute Gasteiger partial charge is 0.127 e. The van der Waals surface area contributed by atoms with Gasteiger partial charge in [0.2, 0.25) is 0 Å². The third-order valence-corrected chi connectivity index (χ3v) is 2.95. The predicted molar refractivity (Wildman–Crippen MR) is 72.0 cm³/mol. The lowest BCUT2D eigenvalue weighted by Crippen LogP contribution is -2.39. The zero-order valence-corrected chi connectivity index (χ0v) is 11.7. The number of rotatable bonds is 4. The Hall–Kier alpha value is -0.600. The fraction of sp³-hybridized carbons (Fsp3) is 0.571. The van der Waals surface area contributed by atoms with Crippen LogP contribution < -0.4 is 5.32 Å². The molecule has 1 atom stereocenters. The summed E-state index contributed by atoms with van der Waals surface area (Å²) in [6.45, 7) is 9.32. The molecule has 0 aliphatic rings. The molecule has 0 aromatic heterocycles. The van der Waals surface area contributed by atoms with E-state index in [9.17, 15) is 4.39 Å². The van der Waals surface area contributed by atoms with Gasteiger partial charge in [-0.2, -0.15) is 0 Å². The molecule has 0 spiro atoms. The van der Waals surface area contributed by atoms with E-state index in [0.29, 0.717) is 22.9 Å². The molecular weight excluding hydrogens is 237 g/mol. The van der Waals surface area contributed by atoms with Crippen molar-refractivity contribution in [3.63, 3.8) is 0 Å². The maximum atomic E-state index is 13.6. The van der Waals surface area contributed by atoms with Crippen LogP contribution in [0, 0.1) is 11.7 Å². The van der Waals surface area contributed by atoms with Crippen LogP contribution in [0.5, 0.6) is 0 Å². The molecule has 1 aromatic carbocycles. The highest BCUT2D eigenvalue weighted by molar-refractivity contribution is 6.31. The van der Waals surface area contributed by atoms with E-state index >= 15 is 0 Å². The van der Waals surface area contributed by atoms with Gasteiger partial charge in [0.05, 0.1) is 0 Å². The lowest BCUT2D eigenvalue weighted by Gasteiger charge is -2.23. The molecule has 0 amide bonds. The molecule has 0 aliphatic carbocycles. The van der Waals surface area contributed by atoms with Crippen LogP contribution in [-0.2, 0) is 6.42 Å². The van der Waals surface area contributed by atoms with Crippen molar-refractivity contribution >= 4 is 11.6 Å². The first-order chi connectivity index (χ1) is 7.79. The van der Waals surface area contributed by atoms with Crippen LogP contribution >= 0.6 is 11.6 Å². The third kappa shape index (κ3) is 5.05. The van der Waals surface area contributed by atoms with Crippen LogP contribution in [0.15, 0.2) is 18.2 Å². The Morgan fingerprint density at radius 1 is 1.35 bits per heavy atom. The zero-order chi connectivity index (χ0) is 13.1. The van der Waals surface area contributed by atoms with Crippen LogP contribution in [0.25, 0.3) is 0 Å². The topological polar surface area (TPSA) is 12.0 Å². The molecule has 1 unspecified atom stereocenters. The summed E-state index contributed by atoms with van der Waals surface area (Å²) >= 11 is 6.00. The second-order valence-electron chi connectivity index (χ2n) is 5.64. The highest BCUT2D eigenvalue weighted by atomic mass is 35.5. The van der Waals surface area contributed by atoms with Crippen molar-refractivity contribution in [2.75, 3.05) is 6.54 Å². The fourth-order valence-electron chi connectivity index (χ4n) is 1.63. The first kappa shape index (κ1) is 14.5. The molecule has 1 aromatic rings. The minimum absolute atomic E-state index is 0.0906. The first-order valence-electron chi connectivity index (χ1n) is 5.97. The van der Waals surface area contributed by atoms with Crippen LogP contribution in [0.3, 0.4) is 0 Å². The van der Waals surface area contributed by atoms with E-state index in [-0.39, 0.29) is 11.4 Å². The van der Waals surface area contributed by atoms with E-state index < -0.39 is 0 Å². The van der Waals surface area contributed by atoms with Gasteiger partial charge < -0.3 is 5.32 Å². The van der Waals surface area contributed by atoms with Crippen molar-refractivity contribution in [3.8, 4) is 0 Å². The molecule has 0 saturated heterocycles. The highest BCUT2D eigenvalue weighted by Crippen LogP contribution is 2.22. The predicted octanol–water partition coefficient (Wildman–Crippen LogP) is 4.05. The van der Waals surface area contributed by atoms with Crippen molar-refractivity contribution < 1.29 is 4.39 Å². The zero-order valence-electron chi connectivity index (χ0n) is 11.0. The molecular formula is C14H21ClFN. The summed E-state index contributed by atoms with van der Waals surface area (Å²) in [5.41, 5.74) is 0.713. The largest absolute Gasteiger partial charge is 0.312 e. The van der Waals surface area contributed by atoms with E-state index in [1.165, 1.54) is 6.07 Å². The van der Waals surface area contributed by atoms with Crippen molar-refractivity contribution in [1.82, 2.24) is 5.32 Å². The number of hydrogen-bond acceptors (Lipinski definition) is 1. The van der Waals surface area contributed by atoms with Gasteiger partial charge in [-0.25, -0.2) is 4.39 Å². The van der Waals surface area contributed by atoms with Gasteiger partial charge in [0.1, 0.15) is 5.82 Å². The lowest BCUT2D eigenvalue weighted by molar-refractivity contribution is 0.379. The molecule has 1 N–H and O–H groups in total. The van der Waals surface area contributed by atoms with E-state index in [1.54, 1.807) is 12.1 Å². The fourth-order valence-corrected chi connectivity index (χ4v) is 1.87. The SMILES string of the molecule is CC(CNC(C)(C)C)Cc1c(F)cccc1Cl. The van der Waals surface area contributed by atoms with Gasteiger partial charge in [0.25, 0.3) is 0 Å². The summed E-state index contributed by atoms with van der Waals surface area (Å²) in [4.78, 5) is 0. The second kappa shape index (κ2) is 5.83. The molecule has 0 bridgehead atoms. The van der Waals surface area contributed by atoms with Crippen LogP contribution in [0.1, 0.15) is 33.3 Å². The quantitative estimate of drug-likeness (QED) is 0.858. The van der Waals surface area contributed by atoms with Crippen LogP contribution in [-0.4, -0.2) is 12.1 Å². The summed E-state index contributed by atoms with van der Waals surface area (Å²) in [5.74, 6) is 0.142. The standard InChI is InChI=1S/C14H21ClFN/c1-10(9-17-14(2,3)4)8-11-12(15)6-5-7-13(11)16/h5-7,10,17H,8-9H2,1-4H3. The van der Waals surface area contributed by atoms with Crippen LogP contribution in [0.2, 0.25) is 5.02 Å². The molecule has 0 radical (unpaired) electrons. The van der Waals surface area contributed by atoms with Crippen molar-refractivity contribution in [2.24, 2.45) is 5.92 Å². The van der Waals surface area contributed by atoms with Gasteiger partial charge in [-0.1, -0.05) is 24.6 Å². The number of nitrogens with one attached hydrogen (secondary N) is 1. The summed E-state index contributed by atoms with van der Waals surface area (Å²) in [5, 5.41) is 3.94. The van der Waals surface area contributed by atoms with Crippen molar-refractivity contribution in [3.05, 3.63) is 34.6 Å².